The van der Waals surface area contributed by atoms with Gasteiger partial charge in [-0.25, -0.2) is 9.50 Å². The van der Waals surface area contributed by atoms with Gasteiger partial charge in [0.15, 0.2) is 5.65 Å². The van der Waals surface area contributed by atoms with E-state index in [9.17, 15) is 23.2 Å². The number of hydrogen-bond acceptors (Lipinski definition) is 8. The average molecular weight is 628 g/mol. The van der Waals surface area contributed by atoms with Crippen molar-refractivity contribution >= 4 is 40.7 Å². The highest BCUT2D eigenvalue weighted by molar-refractivity contribution is 6.31. The lowest BCUT2D eigenvalue weighted by atomic mass is 10.1. The van der Waals surface area contributed by atoms with Crippen molar-refractivity contribution in [2.75, 3.05) is 51.6 Å². The maximum absolute atomic E-state index is 13.5. The van der Waals surface area contributed by atoms with Crippen LogP contribution in [0.15, 0.2) is 49.1 Å². The summed E-state index contributed by atoms with van der Waals surface area (Å²) in [5, 5.41) is 11.7. The number of nitrogens with zero attached hydrogens (tertiary/aromatic N) is 8. The number of nitrogens with one attached hydrogen (secondary N) is 1. The van der Waals surface area contributed by atoms with E-state index in [4.69, 9.17) is 16.3 Å². The summed E-state index contributed by atoms with van der Waals surface area (Å²) in [5.74, 6) is -1.26. The minimum absolute atomic E-state index is 0.0562. The van der Waals surface area contributed by atoms with E-state index in [1.54, 1.807) is 17.2 Å². The third-order valence-corrected chi connectivity index (χ3v) is 7.92. The van der Waals surface area contributed by atoms with Crippen LogP contribution in [0.25, 0.3) is 16.9 Å². The molecule has 3 aromatic heterocycles. The summed E-state index contributed by atoms with van der Waals surface area (Å²) in [7, 11) is 1.99. The van der Waals surface area contributed by atoms with Gasteiger partial charge in [0.1, 0.15) is 23.0 Å². The predicted octanol–water partition coefficient (Wildman–Crippen LogP) is 2.65. The first kappa shape index (κ1) is 29.4. The highest BCUT2D eigenvalue weighted by atomic mass is 35.5. The van der Waals surface area contributed by atoms with Gasteiger partial charge in [-0.15, -0.1) is 0 Å². The molecular weight excluding hydrogens is 600 g/mol. The number of piperazine rings is 1. The maximum atomic E-state index is 13.5. The van der Waals surface area contributed by atoms with Gasteiger partial charge in [-0.1, -0.05) is 11.6 Å². The summed E-state index contributed by atoms with van der Waals surface area (Å²) in [6.07, 6.45) is 6.30. The van der Waals surface area contributed by atoms with Crippen LogP contribution in [0.2, 0.25) is 5.02 Å². The van der Waals surface area contributed by atoms with Gasteiger partial charge in [-0.3, -0.25) is 19.1 Å². The van der Waals surface area contributed by atoms with Crippen LogP contribution in [-0.4, -0.2) is 110 Å². The molecule has 2 fully saturated rings. The van der Waals surface area contributed by atoms with Crippen molar-refractivity contribution in [3.8, 4) is 17.0 Å². The highest BCUT2D eigenvalue weighted by Crippen LogP contribution is 2.38. The van der Waals surface area contributed by atoms with Crippen LogP contribution >= 0.6 is 11.6 Å². The number of benzene rings is 1. The van der Waals surface area contributed by atoms with Crippen molar-refractivity contribution in [2.24, 2.45) is 0 Å². The number of likely N-dealkylation sites (N-methyl/N-ethyl adjacent to an activating group) is 1. The van der Waals surface area contributed by atoms with Crippen molar-refractivity contribution in [2.45, 2.75) is 19.1 Å². The van der Waals surface area contributed by atoms with Gasteiger partial charge in [0.25, 0.3) is 5.91 Å². The van der Waals surface area contributed by atoms with Crippen molar-refractivity contribution in [1.82, 2.24) is 39.1 Å². The molecule has 44 heavy (non-hydrogen) atoms. The molecule has 6 rings (SSSR count). The van der Waals surface area contributed by atoms with Crippen LogP contribution in [0.5, 0.6) is 5.75 Å². The first-order valence-electron chi connectivity index (χ1n) is 13.9. The first-order chi connectivity index (χ1) is 21.2. The number of carbonyl (C=O) groups excluding carboxylic acids is 3. The summed E-state index contributed by atoms with van der Waals surface area (Å²) < 4.78 is 34.2. The van der Waals surface area contributed by atoms with Gasteiger partial charge in [-0.2, -0.15) is 19.0 Å². The van der Waals surface area contributed by atoms with Crippen molar-refractivity contribution in [1.29, 1.82) is 0 Å². The Hall–Kier alpha value is -4.63. The second-order valence-electron chi connectivity index (χ2n) is 10.5. The second kappa shape index (κ2) is 12.2. The second-order valence-corrected chi connectivity index (χ2v) is 11.0. The molecule has 0 spiro atoms. The van der Waals surface area contributed by atoms with Gasteiger partial charge in [0.05, 0.1) is 24.6 Å². The smallest absolute Gasteiger partial charge is 0.387 e. The average Bonchev–Trinajstić information content (AvgIpc) is 3.71. The lowest BCUT2D eigenvalue weighted by Crippen LogP contribution is -2.50. The zero-order valence-electron chi connectivity index (χ0n) is 23.6. The summed E-state index contributed by atoms with van der Waals surface area (Å²) in [6.45, 7) is -0.154. The van der Waals surface area contributed by atoms with Crippen LogP contribution in [0, 0.1) is 0 Å². The van der Waals surface area contributed by atoms with Crippen molar-refractivity contribution in [3.05, 3.63) is 59.6 Å². The van der Waals surface area contributed by atoms with E-state index in [0.29, 0.717) is 31.7 Å². The molecule has 0 aliphatic carbocycles. The van der Waals surface area contributed by atoms with Gasteiger partial charge in [-0.05, 0) is 37.7 Å². The molecule has 4 aromatic rings. The number of hydrogen-bond donors (Lipinski definition) is 1. The molecule has 2 aliphatic rings. The van der Waals surface area contributed by atoms with Gasteiger partial charge >= 0.3 is 6.61 Å². The molecule has 3 amide bonds. The fourth-order valence-corrected chi connectivity index (χ4v) is 5.52. The molecule has 2 aliphatic heterocycles. The van der Waals surface area contributed by atoms with Crippen molar-refractivity contribution in [3.63, 3.8) is 0 Å². The molecule has 230 valence electrons. The molecule has 0 unspecified atom stereocenters. The quantitative estimate of drug-likeness (QED) is 0.316. The number of ether oxygens (including phenoxy) is 1. The number of halogens is 3. The van der Waals surface area contributed by atoms with E-state index in [0.717, 1.165) is 13.1 Å². The Labute approximate surface area is 254 Å². The number of likely N-dealkylation sites (tertiary alicyclic amines) is 1. The molecular formula is C28H28ClF2N9O4. The van der Waals surface area contributed by atoms with Crippen molar-refractivity contribution < 1.29 is 27.9 Å². The van der Waals surface area contributed by atoms with Crippen LogP contribution in [0.4, 0.5) is 14.5 Å². The molecule has 0 bridgehead atoms. The van der Waals surface area contributed by atoms with Gasteiger partial charge < -0.3 is 24.8 Å². The molecule has 1 atom stereocenters. The first-order valence-corrected chi connectivity index (χ1v) is 14.2. The van der Waals surface area contributed by atoms with Crippen LogP contribution in [0.3, 0.4) is 0 Å². The van der Waals surface area contributed by atoms with E-state index >= 15 is 0 Å². The van der Waals surface area contributed by atoms with E-state index in [2.05, 4.69) is 25.4 Å². The highest BCUT2D eigenvalue weighted by Gasteiger charge is 2.36. The predicted molar refractivity (Wildman–Crippen MR) is 155 cm³/mol. The summed E-state index contributed by atoms with van der Waals surface area (Å²) in [5.41, 5.74) is 0.713. The molecule has 1 N–H and O–H groups in total. The zero-order chi connectivity index (χ0) is 31.0. The Morgan fingerprint density at radius 2 is 1.98 bits per heavy atom. The lowest BCUT2D eigenvalue weighted by Gasteiger charge is -2.33. The zero-order valence-corrected chi connectivity index (χ0v) is 24.3. The molecule has 0 radical (unpaired) electrons. The number of aromatic nitrogens is 5. The Morgan fingerprint density at radius 1 is 1.18 bits per heavy atom. The number of amides is 3. The fraction of sp³-hybridized carbons (Fsp3) is 0.357. The molecule has 16 heteroatoms. The third-order valence-electron chi connectivity index (χ3n) is 7.69. The molecule has 13 nitrogen and oxygen atoms in total. The molecule has 1 aromatic carbocycles. The Morgan fingerprint density at radius 3 is 2.75 bits per heavy atom. The molecule has 2 saturated heterocycles. The van der Waals surface area contributed by atoms with E-state index in [1.807, 2.05) is 7.05 Å². The van der Waals surface area contributed by atoms with Gasteiger partial charge in [0.2, 0.25) is 11.8 Å². The molecule has 0 saturated carbocycles. The summed E-state index contributed by atoms with van der Waals surface area (Å²) in [4.78, 5) is 49.4. The number of carbonyl (C=O) groups is 3. The minimum Gasteiger partial charge on any atom is -0.434 e. The van der Waals surface area contributed by atoms with E-state index < -0.39 is 18.6 Å². The topological polar surface area (TPSA) is 130 Å². The van der Waals surface area contributed by atoms with E-state index in [-0.39, 0.29) is 51.6 Å². The number of alkyl halides is 2. The monoisotopic (exact) mass is 627 g/mol. The largest absolute Gasteiger partial charge is 0.434 e. The van der Waals surface area contributed by atoms with Crippen LogP contribution in [-0.2, 0) is 9.59 Å². The lowest BCUT2D eigenvalue weighted by molar-refractivity contribution is -0.140. The third kappa shape index (κ3) is 5.92. The minimum atomic E-state index is -3.14. The Kier molecular flexibility index (Phi) is 8.14. The Bertz CT molecular complexity index is 1720. The number of fused-ring (bicyclic) bond motifs is 1. The number of anilines is 1. The number of rotatable bonds is 8. The van der Waals surface area contributed by atoms with Gasteiger partial charge in [0, 0.05) is 55.7 Å². The SMILES string of the molecule is CN1CCN(C(=O)CN2CC[C@H](n3cc(NC(=O)c4cnn5cccnc45)c(-c4cc(Cl)ccc4OC(F)F)n3)C2=O)CC1. The van der Waals surface area contributed by atoms with Crippen LogP contribution in [0.1, 0.15) is 22.8 Å². The van der Waals surface area contributed by atoms with E-state index in [1.165, 1.54) is 50.9 Å². The Balaban J connectivity index is 1.31. The maximum Gasteiger partial charge on any atom is 0.387 e. The summed E-state index contributed by atoms with van der Waals surface area (Å²) in [6, 6.07) is 4.91. The van der Waals surface area contributed by atoms with Crippen LogP contribution < -0.4 is 10.1 Å². The normalized spacial score (nSPS) is 17.6. The standard InChI is InChI=1S/C28H28ClF2N9O4/c1-36-9-11-37(12-10-36)23(41)16-38-8-5-21(27(38)43)40-15-20(34-26(42)19-14-33-39-7-2-6-32-25(19)39)24(35-40)18-13-17(29)3-4-22(18)44-28(30)31/h2-4,6-7,13-15,21,28H,5,8-12,16H2,1H3,(H,34,42)/t21-/m0/s1. The molecule has 5 heterocycles. The summed E-state index contributed by atoms with van der Waals surface area (Å²) >= 11 is 6.22. The fourth-order valence-electron chi connectivity index (χ4n) is 5.35.